The molecule has 0 N–H and O–H groups in total. The van der Waals surface area contributed by atoms with Crippen molar-refractivity contribution in [2.24, 2.45) is 0 Å². The Morgan fingerprint density at radius 3 is 1.54 bits per heavy atom. The first kappa shape index (κ1) is 11.7. The molecular formula is C11H9FeN-6. The molecule has 0 spiro atoms. The smallest absolute Gasteiger partial charge is 0.0307 e. The normalized spacial score (nSPS) is 7.31. The molecule has 0 aromatic heterocycles. The second-order valence-electron chi connectivity index (χ2n) is 2.25. The molecule has 0 unspecified atom stereocenters. The summed E-state index contributed by atoms with van der Waals surface area (Å²) in [5.41, 5.74) is 0.736. The van der Waals surface area contributed by atoms with E-state index in [0.29, 0.717) is 0 Å². The Labute approximate surface area is 88.8 Å². The fourth-order valence-electron chi connectivity index (χ4n) is 0.769. The minimum Gasteiger partial charge on any atom is -0.748 e. The SMILES string of the molecule is N#C[c-]1cccc1.[Fe].[cH-]1[cH-][cH-][cH-][cH-]1. The van der Waals surface area contributed by atoms with Gasteiger partial charge in [-0.15, -0.1) is 0 Å². The van der Waals surface area contributed by atoms with E-state index in [1.165, 1.54) is 0 Å². The summed E-state index contributed by atoms with van der Waals surface area (Å²) >= 11 is 0. The zero-order valence-corrected chi connectivity index (χ0v) is 8.10. The van der Waals surface area contributed by atoms with Crippen LogP contribution in [0.15, 0.2) is 54.6 Å². The summed E-state index contributed by atoms with van der Waals surface area (Å²) in [4.78, 5) is 0. The number of hydrogen-bond donors (Lipinski definition) is 0. The van der Waals surface area contributed by atoms with E-state index < -0.39 is 0 Å². The predicted octanol–water partition coefficient (Wildman–Crippen LogP) is 2.68. The third-order valence-corrected chi connectivity index (χ3v) is 1.35. The van der Waals surface area contributed by atoms with E-state index in [0.717, 1.165) is 5.56 Å². The van der Waals surface area contributed by atoms with Crippen LogP contribution in [0.4, 0.5) is 0 Å². The van der Waals surface area contributed by atoms with Crippen LogP contribution in [0.5, 0.6) is 0 Å². The maximum absolute atomic E-state index is 8.18. The predicted molar refractivity (Wildman–Crippen MR) is 48.8 cm³/mol. The van der Waals surface area contributed by atoms with E-state index in [9.17, 15) is 0 Å². The summed E-state index contributed by atoms with van der Waals surface area (Å²) in [5.74, 6) is 0. The average molecular weight is 211 g/mol. The fourth-order valence-corrected chi connectivity index (χ4v) is 0.769. The standard InChI is InChI=1S/C6H4N.C5H5.Fe/c7-5-6-3-1-2-4-6;1-2-4-5-3-1;/h1-4H;1-5H;/q-1;-5;. The molecule has 72 valence electrons. The molecule has 0 amide bonds. The first-order valence-corrected chi connectivity index (χ1v) is 3.72. The van der Waals surface area contributed by atoms with Gasteiger partial charge in [0.1, 0.15) is 0 Å². The van der Waals surface area contributed by atoms with E-state index >= 15 is 0 Å². The monoisotopic (exact) mass is 211 g/mol. The van der Waals surface area contributed by atoms with Crippen LogP contribution in [0.1, 0.15) is 5.56 Å². The Hall–Kier alpha value is -1.29. The van der Waals surface area contributed by atoms with Crippen molar-refractivity contribution in [3.63, 3.8) is 0 Å². The van der Waals surface area contributed by atoms with Crippen LogP contribution < -0.4 is 0 Å². The van der Waals surface area contributed by atoms with Crippen LogP contribution >= 0.6 is 0 Å². The maximum Gasteiger partial charge on any atom is 0.0307 e. The van der Waals surface area contributed by atoms with Crippen molar-refractivity contribution in [1.29, 1.82) is 5.26 Å². The Kier molecular flexibility index (Phi) is 6.63. The van der Waals surface area contributed by atoms with Crippen molar-refractivity contribution in [2.75, 3.05) is 0 Å². The van der Waals surface area contributed by atoms with E-state index in [2.05, 4.69) is 0 Å². The molecule has 1 nitrogen and oxygen atoms in total. The summed E-state index contributed by atoms with van der Waals surface area (Å²) in [6, 6.07) is 19.3. The molecule has 0 saturated carbocycles. The van der Waals surface area contributed by atoms with Gasteiger partial charge >= 0.3 is 0 Å². The second kappa shape index (κ2) is 7.36. The largest absolute Gasteiger partial charge is 0.748 e. The average Bonchev–Trinajstić information content (AvgIpc) is 2.81. The van der Waals surface area contributed by atoms with E-state index in [-0.39, 0.29) is 17.1 Å². The van der Waals surface area contributed by atoms with Gasteiger partial charge in [-0.05, 0) is 0 Å². The minimum absolute atomic E-state index is 0. The topological polar surface area (TPSA) is 23.8 Å². The van der Waals surface area contributed by atoms with Gasteiger partial charge in [0.25, 0.3) is 0 Å². The molecule has 0 atom stereocenters. The third-order valence-electron chi connectivity index (χ3n) is 1.35. The first-order valence-electron chi connectivity index (χ1n) is 3.72. The summed E-state index contributed by atoms with van der Waals surface area (Å²) in [7, 11) is 0. The van der Waals surface area contributed by atoms with Gasteiger partial charge in [0.2, 0.25) is 0 Å². The van der Waals surface area contributed by atoms with Gasteiger partial charge in [0.05, 0.1) is 0 Å². The summed E-state index contributed by atoms with van der Waals surface area (Å²) < 4.78 is 0. The van der Waals surface area contributed by atoms with Crippen LogP contribution in [-0.4, -0.2) is 0 Å². The van der Waals surface area contributed by atoms with Gasteiger partial charge in [0, 0.05) is 23.1 Å². The molecule has 13 heavy (non-hydrogen) atoms. The van der Waals surface area contributed by atoms with Crippen LogP contribution in [0, 0.1) is 11.3 Å². The van der Waals surface area contributed by atoms with Crippen LogP contribution in [0.3, 0.4) is 0 Å². The van der Waals surface area contributed by atoms with E-state index in [1.54, 1.807) is 12.1 Å². The van der Waals surface area contributed by atoms with Crippen molar-refractivity contribution in [1.82, 2.24) is 0 Å². The number of rotatable bonds is 0. The summed E-state index contributed by atoms with van der Waals surface area (Å²) in [6.45, 7) is 0. The van der Waals surface area contributed by atoms with E-state index in [4.69, 9.17) is 5.26 Å². The molecule has 2 rings (SSSR count). The molecule has 0 aliphatic heterocycles. The number of hydrogen-bond acceptors (Lipinski definition) is 1. The maximum atomic E-state index is 8.18. The Bertz CT molecular complexity index is 296. The van der Waals surface area contributed by atoms with Gasteiger partial charge in [-0.2, -0.15) is 12.1 Å². The van der Waals surface area contributed by atoms with Crippen molar-refractivity contribution in [2.45, 2.75) is 0 Å². The van der Waals surface area contributed by atoms with Gasteiger partial charge in [0.15, 0.2) is 0 Å². The van der Waals surface area contributed by atoms with Crippen LogP contribution in [0.2, 0.25) is 0 Å². The zero-order chi connectivity index (χ0) is 8.65. The Morgan fingerprint density at radius 2 is 1.31 bits per heavy atom. The van der Waals surface area contributed by atoms with Crippen molar-refractivity contribution >= 4 is 0 Å². The van der Waals surface area contributed by atoms with Gasteiger partial charge in [-0.1, -0.05) is 5.56 Å². The molecule has 0 aliphatic rings. The molecule has 0 fully saturated rings. The number of nitrogens with zero attached hydrogens (tertiary/aromatic N) is 1. The molecule has 2 heteroatoms. The molecule has 0 bridgehead atoms. The molecule has 0 saturated heterocycles. The summed E-state index contributed by atoms with van der Waals surface area (Å²) in [5, 5.41) is 8.18. The molecule has 0 radical (unpaired) electrons. The van der Waals surface area contributed by atoms with Gasteiger partial charge < -0.3 is 30.3 Å². The van der Waals surface area contributed by atoms with Crippen molar-refractivity contribution < 1.29 is 17.1 Å². The Balaban J connectivity index is 0.000000215. The number of nitriles is 1. The quantitative estimate of drug-likeness (QED) is 0.485. The zero-order valence-electron chi connectivity index (χ0n) is 7.00. The Morgan fingerprint density at radius 1 is 0.923 bits per heavy atom. The minimum atomic E-state index is 0. The van der Waals surface area contributed by atoms with Crippen LogP contribution in [-0.2, 0) is 17.1 Å². The summed E-state index contributed by atoms with van der Waals surface area (Å²) in [6.07, 6.45) is 0. The molecule has 2 aromatic carbocycles. The molecule has 0 aliphatic carbocycles. The first-order chi connectivity index (χ1) is 5.93. The molecule has 2 aromatic rings. The van der Waals surface area contributed by atoms with Gasteiger partial charge in [-0.25, -0.2) is 17.4 Å². The van der Waals surface area contributed by atoms with Crippen molar-refractivity contribution in [3.05, 3.63) is 60.2 Å². The molecular weight excluding hydrogens is 202 g/mol. The molecule has 0 heterocycles. The second-order valence-corrected chi connectivity index (χ2v) is 2.25. The van der Waals surface area contributed by atoms with Crippen molar-refractivity contribution in [3.8, 4) is 6.07 Å². The van der Waals surface area contributed by atoms with Gasteiger partial charge in [-0.3, -0.25) is 0 Å². The van der Waals surface area contributed by atoms with Crippen LogP contribution in [0.25, 0.3) is 0 Å². The van der Waals surface area contributed by atoms with E-state index in [1.807, 2.05) is 48.5 Å². The third kappa shape index (κ3) is 5.03. The fraction of sp³-hybridized carbons (Fsp3) is 0.